The number of amides is 1. The monoisotopic (exact) mass is 467 g/mol. The highest BCUT2D eigenvalue weighted by molar-refractivity contribution is 6.31. The summed E-state index contributed by atoms with van der Waals surface area (Å²) in [6, 6.07) is 15.7. The molecule has 0 atom stereocenters. The number of hydrogen-bond acceptors (Lipinski definition) is 5. The van der Waals surface area contributed by atoms with Gasteiger partial charge in [-0.1, -0.05) is 23.7 Å². The van der Waals surface area contributed by atoms with Crippen molar-refractivity contribution in [3.05, 3.63) is 82.0 Å². The number of halogens is 2. The average molecular weight is 468 g/mol. The van der Waals surface area contributed by atoms with Gasteiger partial charge in [0.25, 0.3) is 0 Å². The Morgan fingerprint density at radius 1 is 1.06 bits per heavy atom. The maximum Gasteiger partial charge on any atom is 0.349 e. The predicted octanol–water partition coefficient (Wildman–Crippen LogP) is 4.51. The lowest BCUT2D eigenvalue weighted by Crippen LogP contribution is -2.30. The summed E-state index contributed by atoms with van der Waals surface area (Å²) in [4.78, 5) is 29.7. The minimum absolute atomic E-state index is 0.159. The molecule has 0 bridgehead atoms. The van der Waals surface area contributed by atoms with Crippen LogP contribution in [0.3, 0.4) is 0 Å². The van der Waals surface area contributed by atoms with Crippen molar-refractivity contribution in [3.8, 4) is 22.8 Å². The van der Waals surface area contributed by atoms with Crippen LogP contribution in [0, 0.1) is 5.82 Å². The van der Waals surface area contributed by atoms with Gasteiger partial charge in [-0.25, -0.2) is 9.18 Å². The van der Waals surface area contributed by atoms with E-state index in [0.29, 0.717) is 33.1 Å². The number of methoxy groups -OCH3 is 2. The zero-order valence-corrected chi connectivity index (χ0v) is 18.5. The molecule has 0 fully saturated rings. The standard InChI is InChI=1S/C24H19ClFN3O4/c1-32-20-10-8-15(12-21(20)33-2)27-22(30)13-29-19-9-7-14(25)11-17(19)23(28-24(29)31)16-5-3-4-6-18(16)26/h3-12H,13H2,1-2H3,(H,27,30). The summed E-state index contributed by atoms with van der Waals surface area (Å²) < 4.78 is 26.1. The van der Waals surface area contributed by atoms with Crippen LogP contribution in [0.5, 0.6) is 11.5 Å². The number of rotatable bonds is 6. The molecule has 0 radical (unpaired) electrons. The van der Waals surface area contributed by atoms with E-state index < -0.39 is 17.4 Å². The number of aromatic nitrogens is 2. The van der Waals surface area contributed by atoms with E-state index in [4.69, 9.17) is 21.1 Å². The van der Waals surface area contributed by atoms with Crippen molar-refractivity contribution in [3.63, 3.8) is 0 Å². The van der Waals surface area contributed by atoms with Crippen LogP contribution in [0.25, 0.3) is 22.2 Å². The topological polar surface area (TPSA) is 82.5 Å². The van der Waals surface area contributed by atoms with Crippen molar-refractivity contribution in [1.82, 2.24) is 9.55 Å². The van der Waals surface area contributed by atoms with Crippen LogP contribution >= 0.6 is 11.6 Å². The fourth-order valence-electron chi connectivity index (χ4n) is 3.52. The van der Waals surface area contributed by atoms with Gasteiger partial charge in [-0.15, -0.1) is 0 Å². The number of ether oxygens (including phenoxy) is 2. The van der Waals surface area contributed by atoms with Gasteiger partial charge < -0.3 is 14.8 Å². The molecule has 168 valence electrons. The lowest BCUT2D eigenvalue weighted by Gasteiger charge is -2.14. The number of carbonyl (C=O) groups is 1. The molecule has 3 aromatic carbocycles. The van der Waals surface area contributed by atoms with Crippen molar-refractivity contribution in [2.24, 2.45) is 0 Å². The molecule has 0 spiro atoms. The summed E-state index contributed by atoms with van der Waals surface area (Å²) >= 11 is 6.17. The van der Waals surface area contributed by atoms with Gasteiger partial charge in [0.1, 0.15) is 12.4 Å². The van der Waals surface area contributed by atoms with E-state index in [0.717, 1.165) is 0 Å². The lowest BCUT2D eigenvalue weighted by atomic mass is 10.1. The van der Waals surface area contributed by atoms with E-state index >= 15 is 0 Å². The van der Waals surface area contributed by atoms with Crippen LogP contribution in [0.15, 0.2) is 65.5 Å². The van der Waals surface area contributed by atoms with Gasteiger partial charge >= 0.3 is 5.69 Å². The lowest BCUT2D eigenvalue weighted by molar-refractivity contribution is -0.116. The molecule has 4 aromatic rings. The molecular weight excluding hydrogens is 449 g/mol. The second-order valence-electron chi connectivity index (χ2n) is 7.09. The third-order valence-electron chi connectivity index (χ3n) is 5.04. The van der Waals surface area contributed by atoms with E-state index in [2.05, 4.69) is 10.3 Å². The molecule has 0 aliphatic heterocycles. The van der Waals surface area contributed by atoms with Crippen molar-refractivity contribution >= 4 is 34.1 Å². The zero-order chi connectivity index (χ0) is 23.5. The largest absolute Gasteiger partial charge is 0.493 e. The molecule has 0 unspecified atom stereocenters. The fraction of sp³-hybridized carbons (Fsp3) is 0.125. The Balaban J connectivity index is 1.73. The second kappa shape index (κ2) is 9.30. The van der Waals surface area contributed by atoms with Crippen molar-refractivity contribution < 1.29 is 18.7 Å². The predicted molar refractivity (Wildman–Crippen MR) is 125 cm³/mol. The Kier molecular flexibility index (Phi) is 6.28. The van der Waals surface area contributed by atoms with Gasteiger partial charge in [-0.3, -0.25) is 9.36 Å². The van der Waals surface area contributed by atoms with Crippen molar-refractivity contribution in [2.45, 2.75) is 6.54 Å². The molecule has 1 aromatic heterocycles. The summed E-state index contributed by atoms with van der Waals surface area (Å²) in [6.45, 7) is -0.310. The van der Waals surface area contributed by atoms with E-state index in [9.17, 15) is 14.0 Å². The molecular formula is C24H19ClFN3O4. The number of nitrogens with one attached hydrogen (secondary N) is 1. The highest BCUT2D eigenvalue weighted by atomic mass is 35.5. The smallest absolute Gasteiger partial charge is 0.349 e. The molecule has 7 nitrogen and oxygen atoms in total. The summed E-state index contributed by atoms with van der Waals surface area (Å²) in [5.74, 6) is -0.0124. The zero-order valence-electron chi connectivity index (χ0n) is 17.8. The third kappa shape index (κ3) is 4.51. The first-order valence-corrected chi connectivity index (χ1v) is 10.3. The normalized spacial score (nSPS) is 10.8. The Morgan fingerprint density at radius 2 is 1.82 bits per heavy atom. The second-order valence-corrected chi connectivity index (χ2v) is 7.52. The molecule has 0 saturated carbocycles. The molecule has 0 aliphatic rings. The quantitative estimate of drug-likeness (QED) is 0.451. The van der Waals surface area contributed by atoms with E-state index in [1.54, 1.807) is 48.5 Å². The number of anilines is 1. The molecule has 1 amide bonds. The van der Waals surface area contributed by atoms with Gasteiger partial charge in [0.2, 0.25) is 5.91 Å². The van der Waals surface area contributed by atoms with Crippen LogP contribution in [0.4, 0.5) is 10.1 Å². The Bertz CT molecular complexity index is 1420. The summed E-state index contributed by atoms with van der Waals surface area (Å²) in [7, 11) is 3.00. The number of benzene rings is 3. The van der Waals surface area contributed by atoms with Crippen molar-refractivity contribution in [1.29, 1.82) is 0 Å². The number of fused-ring (bicyclic) bond motifs is 1. The molecule has 0 aliphatic carbocycles. The van der Waals surface area contributed by atoms with Gasteiger partial charge in [-0.05, 0) is 42.5 Å². The molecule has 4 rings (SSSR count). The van der Waals surface area contributed by atoms with Gasteiger partial charge in [0, 0.05) is 27.7 Å². The van der Waals surface area contributed by atoms with Crippen LogP contribution in [-0.4, -0.2) is 29.7 Å². The molecule has 1 N–H and O–H groups in total. The van der Waals surface area contributed by atoms with Crippen LogP contribution in [0.2, 0.25) is 5.02 Å². The molecule has 9 heteroatoms. The molecule has 33 heavy (non-hydrogen) atoms. The Labute approximate surface area is 193 Å². The minimum atomic E-state index is -0.689. The van der Waals surface area contributed by atoms with Gasteiger partial charge in [0.05, 0.1) is 25.4 Å². The van der Waals surface area contributed by atoms with Crippen LogP contribution in [0.1, 0.15) is 0 Å². The van der Waals surface area contributed by atoms with E-state index in [1.807, 2.05) is 0 Å². The first kappa shape index (κ1) is 22.3. The number of hydrogen-bond donors (Lipinski definition) is 1. The van der Waals surface area contributed by atoms with Crippen LogP contribution in [-0.2, 0) is 11.3 Å². The number of nitrogens with zero attached hydrogens (tertiary/aromatic N) is 2. The highest BCUT2D eigenvalue weighted by Gasteiger charge is 2.17. The minimum Gasteiger partial charge on any atom is -0.493 e. The first-order chi connectivity index (χ1) is 15.9. The summed E-state index contributed by atoms with van der Waals surface area (Å²) in [5, 5.41) is 3.57. The maximum atomic E-state index is 14.4. The van der Waals surface area contributed by atoms with Gasteiger partial charge in [-0.2, -0.15) is 4.98 Å². The van der Waals surface area contributed by atoms with Crippen molar-refractivity contribution in [2.75, 3.05) is 19.5 Å². The summed E-state index contributed by atoms with van der Waals surface area (Å²) in [5.41, 5.74) is 0.510. The molecule has 1 heterocycles. The molecule has 0 saturated heterocycles. The third-order valence-corrected chi connectivity index (χ3v) is 5.28. The highest BCUT2D eigenvalue weighted by Crippen LogP contribution is 2.31. The van der Waals surface area contributed by atoms with Gasteiger partial charge in [0.15, 0.2) is 11.5 Å². The SMILES string of the molecule is COc1ccc(NC(=O)Cn2c(=O)nc(-c3ccccc3F)c3cc(Cl)ccc32)cc1OC. The summed E-state index contributed by atoms with van der Waals surface area (Å²) in [6.07, 6.45) is 0. The maximum absolute atomic E-state index is 14.4. The van der Waals surface area contributed by atoms with Crippen LogP contribution < -0.4 is 20.5 Å². The average Bonchev–Trinajstić information content (AvgIpc) is 2.81. The van der Waals surface area contributed by atoms with E-state index in [-0.39, 0.29) is 17.8 Å². The number of carbonyl (C=O) groups excluding carboxylic acids is 1. The Morgan fingerprint density at radius 3 is 2.55 bits per heavy atom. The Hall–Kier alpha value is -3.91. The fourth-order valence-corrected chi connectivity index (χ4v) is 3.69. The first-order valence-electron chi connectivity index (χ1n) is 9.88. The van der Waals surface area contributed by atoms with E-state index in [1.165, 1.54) is 30.9 Å².